The van der Waals surface area contributed by atoms with Crippen LogP contribution in [0.5, 0.6) is 0 Å². The van der Waals surface area contributed by atoms with E-state index in [0.29, 0.717) is 17.0 Å². The summed E-state index contributed by atoms with van der Waals surface area (Å²) in [7, 11) is 1.81. The highest BCUT2D eigenvalue weighted by Gasteiger charge is 2.26. The van der Waals surface area contributed by atoms with Crippen LogP contribution < -0.4 is 0 Å². The van der Waals surface area contributed by atoms with E-state index in [0.717, 1.165) is 32.5 Å². The molecule has 1 aromatic rings. The summed E-state index contributed by atoms with van der Waals surface area (Å²) in [4.78, 5) is 16.8. The van der Waals surface area contributed by atoms with E-state index < -0.39 is 0 Å². The van der Waals surface area contributed by atoms with Crippen LogP contribution in [0.3, 0.4) is 0 Å². The third kappa shape index (κ3) is 4.79. The molecule has 0 saturated carbocycles. The Labute approximate surface area is 150 Å². The molecule has 0 N–H and O–H groups in total. The molecule has 2 unspecified atom stereocenters. The van der Waals surface area contributed by atoms with Crippen LogP contribution in [-0.4, -0.2) is 48.4 Å². The van der Waals surface area contributed by atoms with Crippen LogP contribution in [0.15, 0.2) is 18.2 Å². The fourth-order valence-electron chi connectivity index (χ4n) is 3.35. The number of hydrogen-bond acceptors (Lipinski definition) is 3. The molecule has 0 spiro atoms. The van der Waals surface area contributed by atoms with E-state index in [1.807, 2.05) is 7.05 Å². The van der Waals surface area contributed by atoms with E-state index in [1.165, 1.54) is 6.07 Å². The number of aryl methyl sites for hydroxylation is 1. The molecule has 1 saturated heterocycles. The maximum atomic E-state index is 13.4. The summed E-state index contributed by atoms with van der Waals surface area (Å²) >= 11 is 0. The molecular formula is C20H28FN3O. The van der Waals surface area contributed by atoms with Gasteiger partial charge in [-0.1, -0.05) is 6.92 Å². The Morgan fingerprint density at radius 2 is 2.04 bits per heavy atom. The molecule has 0 aliphatic carbocycles. The van der Waals surface area contributed by atoms with Gasteiger partial charge in [-0.25, -0.2) is 4.39 Å². The van der Waals surface area contributed by atoms with Gasteiger partial charge in [0.1, 0.15) is 5.82 Å². The van der Waals surface area contributed by atoms with Crippen LogP contribution in [0.4, 0.5) is 4.39 Å². The molecule has 25 heavy (non-hydrogen) atoms. The van der Waals surface area contributed by atoms with Crippen molar-refractivity contribution in [2.24, 2.45) is 11.8 Å². The summed E-state index contributed by atoms with van der Waals surface area (Å²) < 4.78 is 13.4. The molecule has 5 heteroatoms. The zero-order chi connectivity index (χ0) is 18.6. The lowest BCUT2D eigenvalue weighted by Crippen LogP contribution is -2.45. The topological polar surface area (TPSA) is 47.3 Å². The van der Waals surface area contributed by atoms with Crippen LogP contribution in [0.2, 0.25) is 0 Å². The number of nitriles is 1. The minimum atomic E-state index is -0.290. The number of piperidine rings is 1. The lowest BCUT2D eigenvalue weighted by Gasteiger charge is -2.36. The third-order valence-corrected chi connectivity index (χ3v) is 5.48. The van der Waals surface area contributed by atoms with Gasteiger partial charge >= 0.3 is 0 Å². The first-order valence-electron chi connectivity index (χ1n) is 8.98. The molecule has 1 amide bonds. The van der Waals surface area contributed by atoms with Crippen LogP contribution in [0.1, 0.15) is 42.6 Å². The molecule has 1 aliphatic rings. The van der Waals surface area contributed by atoms with Gasteiger partial charge in [0.05, 0.1) is 6.07 Å². The SMILES string of the molecule is Cc1cc(C(=O)N(C)C(C)C(C)CN2CCC(C#N)CC2)ccc1F. The van der Waals surface area contributed by atoms with E-state index in [-0.39, 0.29) is 23.7 Å². The zero-order valence-corrected chi connectivity index (χ0v) is 15.6. The second-order valence-corrected chi connectivity index (χ2v) is 7.30. The predicted octanol–water partition coefficient (Wildman–Crippen LogP) is 3.47. The van der Waals surface area contributed by atoms with E-state index in [1.54, 1.807) is 24.0 Å². The summed E-state index contributed by atoms with van der Waals surface area (Å²) in [5.41, 5.74) is 1.01. The Morgan fingerprint density at radius 3 is 2.60 bits per heavy atom. The monoisotopic (exact) mass is 345 g/mol. The molecule has 1 fully saturated rings. The molecule has 136 valence electrons. The average Bonchev–Trinajstić information content (AvgIpc) is 2.62. The van der Waals surface area contributed by atoms with Crippen molar-refractivity contribution in [3.8, 4) is 6.07 Å². The van der Waals surface area contributed by atoms with Crippen LogP contribution in [0, 0.1) is 35.9 Å². The summed E-state index contributed by atoms with van der Waals surface area (Å²) in [5, 5.41) is 8.99. The van der Waals surface area contributed by atoms with Gasteiger partial charge in [0, 0.05) is 31.1 Å². The fraction of sp³-hybridized carbons (Fsp3) is 0.600. The molecule has 1 heterocycles. The van der Waals surface area contributed by atoms with Crippen LogP contribution in [0.25, 0.3) is 0 Å². The standard InChI is InChI=1S/C20H28FN3O/c1-14-11-18(5-6-19(14)21)20(25)23(4)16(3)15(2)13-24-9-7-17(12-22)8-10-24/h5-6,11,15-17H,7-10,13H2,1-4H3. The number of likely N-dealkylation sites (tertiary alicyclic amines) is 1. The number of benzene rings is 1. The number of halogens is 1. The number of amides is 1. The number of carbonyl (C=O) groups is 1. The summed E-state index contributed by atoms with van der Waals surface area (Å²) in [6, 6.07) is 6.94. The summed E-state index contributed by atoms with van der Waals surface area (Å²) in [6.45, 7) is 8.69. The van der Waals surface area contributed by atoms with Crippen molar-refractivity contribution in [3.63, 3.8) is 0 Å². The molecule has 1 aromatic carbocycles. The van der Waals surface area contributed by atoms with E-state index in [9.17, 15) is 9.18 Å². The van der Waals surface area contributed by atoms with Crippen molar-refractivity contribution >= 4 is 5.91 Å². The molecule has 0 radical (unpaired) electrons. The zero-order valence-electron chi connectivity index (χ0n) is 15.6. The Morgan fingerprint density at radius 1 is 1.40 bits per heavy atom. The van der Waals surface area contributed by atoms with E-state index in [4.69, 9.17) is 5.26 Å². The molecule has 0 bridgehead atoms. The Kier molecular flexibility index (Phi) is 6.55. The number of carbonyl (C=O) groups excluding carboxylic acids is 1. The number of hydrogen-bond donors (Lipinski definition) is 0. The number of rotatable bonds is 5. The molecule has 2 rings (SSSR count). The summed E-state index contributed by atoms with van der Waals surface area (Å²) in [5.74, 6) is 0.135. The smallest absolute Gasteiger partial charge is 0.253 e. The molecule has 4 nitrogen and oxygen atoms in total. The summed E-state index contributed by atoms with van der Waals surface area (Å²) in [6.07, 6.45) is 1.86. The highest BCUT2D eigenvalue weighted by atomic mass is 19.1. The van der Waals surface area contributed by atoms with Gasteiger partial charge in [0.25, 0.3) is 5.91 Å². The highest BCUT2D eigenvalue weighted by molar-refractivity contribution is 5.94. The van der Waals surface area contributed by atoms with Gasteiger partial charge in [-0.2, -0.15) is 5.26 Å². The van der Waals surface area contributed by atoms with Gasteiger partial charge in [-0.15, -0.1) is 0 Å². The first-order chi connectivity index (χ1) is 11.8. The van der Waals surface area contributed by atoms with Gasteiger partial charge in [-0.05, 0) is 69.5 Å². The van der Waals surface area contributed by atoms with Crippen molar-refractivity contribution < 1.29 is 9.18 Å². The van der Waals surface area contributed by atoms with Crippen molar-refractivity contribution in [2.45, 2.75) is 39.7 Å². The lowest BCUT2D eigenvalue weighted by atomic mass is 9.95. The van der Waals surface area contributed by atoms with Gasteiger partial charge < -0.3 is 9.80 Å². The Balaban J connectivity index is 1.94. The molecule has 1 aliphatic heterocycles. The second-order valence-electron chi connectivity index (χ2n) is 7.30. The minimum Gasteiger partial charge on any atom is -0.339 e. The highest BCUT2D eigenvalue weighted by Crippen LogP contribution is 2.20. The van der Waals surface area contributed by atoms with E-state index in [2.05, 4.69) is 24.8 Å². The maximum Gasteiger partial charge on any atom is 0.253 e. The Bertz CT molecular complexity index is 647. The molecular weight excluding hydrogens is 317 g/mol. The van der Waals surface area contributed by atoms with Gasteiger partial charge in [-0.3, -0.25) is 4.79 Å². The fourth-order valence-corrected chi connectivity index (χ4v) is 3.35. The quantitative estimate of drug-likeness (QED) is 0.821. The minimum absolute atomic E-state index is 0.0755. The van der Waals surface area contributed by atoms with Crippen LogP contribution >= 0.6 is 0 Å². The Hall–Kier alpha value is -1.93. The van der Waals surface area contributed by atoms with Gasteiger partial charge in [0.15, 0.2) is 0 Å². The van der Waals surface area contributed by atoms with Crippen molar-refractivity contribution in [2.75, 3.05) is 26.7 Å². The predicted molar refractivity (Wildman–Crippen MR) is 96.6 cm³/mol. The average molecular weight is 345 g/mol. The first kappa shape index (κ1) is 19.4. The second kappa shape index (κ2) is 8.44. The maximum absolute atomic E-state index is 13.4. The number of nitrogens with zero attached hydrogens (tertiary/aromatic N) is 3. The van der Waals surface area contributed by atoms with Crippen molar-refractivity contribution in [1.82, 2.24) is 9.80 Å². The van der Waals surface area contributed by atoms with Gasteiger partial charge in [0.2, 0.25) is 0 Å². The van der Waals surface area contributed by atoms with Crippen molar-refractivity contribution in [3.05, 3.63) is 35.1 Å². The normalized spacial score (nSPS) is 18.4. The molecule has 2 atom stereocenters. The largest absolute Gasteiger partial charge is 0.339 e. The molecule has 0 aromatic heterocycles. The van der Waals surface area contributed by atoms with E-state index >= 15 is 0 Å². The first-order valence-corrected chi connectivity index (χ1v) is 8.98. The lowest BCUT2D eigenvalue weighted by molar-refractivity contribution is 0.0660. The third-order valence-electron chi connectivity index (χ3n) is 5.48. The van der Waals surface area contributed by atoms with Crippen LogP contribution in [-0.2, 0) is 0 Å². The van der Waals surface area contributed by atoms with Crippen molar-refractivity contribution in [1.29, 1.82) is 5.26 Å².